The standard InChI is InChI=1S/C9H15FO3/c1-3-12-9(11)6(2)8-7(10)4-5-13-8/h6-8H,3-5H2,1-2H3/t6-,7-,8+/m1/s1. The van der Waals surface area contributed by atoms with Crippen LogP contribution in [0.25, 0.3) is 0 Å². The molecule has 76 valence electrons. The number of ether oxygens (including phenoxy) is 2. The average molecular weight is 190 g/mol. The van der Waals surface area contributed by atoms with E-state index in [0.717, 1.165) is 0 Å². The van der Waals surface area contributed by atoms with E-state index in [9.17, 15) is 9.18 Å². The highest BCUT2D eigenvalue weighted by Crippen LogP contribution is 2.24. The molecule has 0 aromatic heterocycles. The van der Waals surface area contributed by atoms with E-state index in [1.165, 1.54) is 0 Å². The van der Waals surface area contributed by atoms with Crippen LogP contribution in [0.4, 0.5) is 4.39 Å². The molecule has 0 unspecified atom stereocenters. The molecular weight excluding hydrogens is 175 g/mol. The fourth-order valence-electron chi connectivity index (χ4n) is 1.45. The summed E-state index contributed by atoms with van der Waals surface area (Å²) >= 11 is 0. The van der Waals surface area contributed by atoms with Crippen molar-refractivity contribution < 1.29 is 18.7 Å². The molecule has 3 atom stereocenters. The minimum Gasteiger partial charge on any atom is -0.466 e. The first-order valence-electron chi connectivity index (χ1n) is 4.59. The number of hydrogen-bond donors (Lipinski definition) is 0. The van der Waals surface area contributed by atoms with E-state index in [4.69, 9.17) is 9.47 Å². The van der Waals surface area contributed by atoms with Crippen LogP contribution in [0.3, 0.4) is 0 Å². The van der Waals surface area contributed by atoms with Gasteiger partial charge in [0.1, 0.15) is 12.3 Å². The van der Waals surface area contributed by atoms with Gasteiger partial charge in [0.05, 0.1) is 12.5 Å². The van der Waals surface area contributed by atoms with E-state index >= 15 is 0 Å². The third kappa shape index (κ3) is 2.40. The van der Waals surface area contributed by atoms with Crippen LogP contribution in [-0.4, -0.2) is 31.5 Å². The second kappa shape index (κ2) is 4.56. The Morgan fingerprint density at radius 2 is 2.46 bits per heavy atom. The van der Waals surface area contributed by atoms with Crippen LogP contribution in [0.1, 0.15) is 20.3 Å². The lowest BCUT2D eigenvalue weighted by Gasteiger charge is -2.18. The fraction of sp³-hybridized carbons (Fsp3) is 0.889. The Kier molecular flexibility index (Phi) is 3.66. The van der Waals surface area contributed by atoms with Crippen LogP contribution < -0.4 is 0 Å². The van der Waals surface area contributed by atoms with Crippen LogP contribution in [0.2, 0.25) is 0 Å². The van der Waals surface area contributed by atoms with Crippen molar-refractivity contribution in [2.24, 2.45) is 5.92 Å². The zero-order chi connectivity index (χ0) is 9.84. The molecule has 0 radical (unpaired) electrons. The monoisotopic (exact) mass is 190 g/mol. The normalized spacial score (nSPS) is 30.1. The summed E-state index contributed by atoms with van der Waals surface area (Å²) < 4.78 is 23.0. The predicted octanol–water partition coefficient (Wildman–Crippen LogP) is 1.31. The molecule has 0 bridgehead atoms. The number of carbonyl (C=O) groups is 1. The first-order valence-corrected chi connectivity index (χ1v) is 4.59. The molecule has 1 rings (SSSR count). The molecule has 0 spiro atoms. The molecule has 13 heavy (non-hydrogen) atoms. The Hall–Kier alpha value is -0.640. The largest absolute Gasteiger partial charge is 0.466 e. The molecular formula is C9H15FO3. The van der Waals surface area contributed by atoms with Gasteiger partial charge < -0.3 is 9.47 Å². The summed E-state index contributed by atoms with van der Waals surface area (Å²) in [5.41, 5.74) is 0. The second-order valence-corrected chi connectivity index (χ2v) is 3.18. The molecule has 1 heterocycles. The summed E-state index contributed by atoms with van der Waals surface area (Å²) in [6.07, 6.45) is -1.26. The van der Waals surface area contributed by atoms with E-state index in [-0.39, 0.29) is 5.97 Å². The molecule has 3 nitrogen and oxygen atoms in total. The number of alkyl halides is 1. The molecule has 1 aliphatic heterocycles. The summed E-state index contributed by atoms with van der Waals surface area (Å²) in [4.78, 5) is 11.2. The molecule has 1 aliphatic rings. The lowest BCUT2D eigenvalue weighted by Crippen LogP contribution is -2.32. The SMILES string of the molecule is CCOC(=O)[C@H](C)[C@@H]1OCC[C@H]1F. The fourth-order valence-corrected chi connectivity index (χ4v) is 1.45. The summed E-state index contributed by atoms with van der Waals surface area (Å²) in [6.45, 7) is 4.09. The van der Waals surface area contributed by atoms with Crippen molar-refractivity contribution in [3.63, 3.8) is 0 Å². The molecule has 0 aromatic rings. The minimum atomic E-state index is -1.03. The summed E-state index contributed by atoms with van der Waals surface area (Å²) in [6, 6.07) is 0. The van der Waals surface area contributed by atoms with Gasteiger partial charge in [0.15, 0.2) is 0 Å². The third-order valence-corrected chi connectivity index (χ3v) is 2.21. The summed E-state index contributed by atoms with van der Waals surface area (Å²) in [5.74, 6) is -0.880. The van der Waals surface area contributed by atoms with Crippen LogP contribution in [-0.2, 0) is 14.3 Å². The van der Waals surface area contributed by atoms with Crippen molar-refractivity contribution in [2.75, 3.05) is 13.2 Å². The average Bonchev–Trinajstić information content (AvgIpc) is 2.50. The van der Waals surface area contributed by atoms with Crippen molar-refractivity contribution in [2.45, 2.75) is 32.5 Å². The van der Waals surface area contributed by atoms with E-state index in [1.807, 2.05) is 0 Å². The lowest BCUT2D eigenvalue weighted by molar-refractivity contribution is -0.152. The van der Waals surface area contributed by atoms with Gasteiger partial charge in [0.2, 0.25) is 0 Å². The first-order chi connectivity index (χ1) is 6.16. The first kappa shape index (κ1) is 10.4. The maximum atomic E-state index is 13.1. The molecule has 0 N–H and O–H groups in total. The van der Waals surface area contributed by atoms with E-state index in [1.54, 1.807) is 13.8 Å². The van der Waals surface area contributed by atoms with E-state index in [0.29, 0.717) is 19.6 Å². The van der Waals surface area contributed by atoms with Gasteiger partial charge in [0, 0.05) is 13.0 Å². The molecule has 1 fully saturated rings. The molecule has 0 aliphatic carbocycles. The Morgan fingerprint density at radius 1 is 1.77 bits per heavy atom. The van der Waals surface area contributed by atoms with Crippen molar-refractivity contribution in [3.8, 4) is 0 Å². The van der Waals surface area contributed by atoms with Crippen molar-refractivity contribution in [3.05, 3.63) is 0 Å². The molecule has 4 heteroatoms. The van der Waals surface area contributed by atoms with Gasteiger partial charge in [-0.15, -0.1) is 0 Å². The highest BCUT2D eigenvalue weighted by molar-refractivity contribution is 5.72. The van der Waals surface area contributed by atoms with Gasteiger partial charge in [-0.25, -0.2) is 4.39 Å². The number of hydrogen-bond acceptors (Lipinski definition) is 3. The number of halogens is 1. The molecule has 0 saturated carbocycles. The van der Waals surface area contributed by atoms with E-state index < -0.39 is 18.2 Å². The third-order valence-electron chi connectivity index (χ3n) is 2.21. The predicted molar refractivity (Wildman–Crippen MR) is 45.1 cm³/mol. The van der Waals surface area contributed by atoms with Crippen LogP contribution in [0, 0.1) is 5.92 Å². The van der Waals surface area contributed by atoms with E-state index in [2.05, 4.69) is 0 Å². The highest BCUT2D eigenvalue weighted by Gasteiger charge is 2.36. The van der Waals surface area contributed by atoms with Gasteiger partial charge in [-0.3, -0.25) is 4.79 Å². The molecule has 1 saturated heterocycles. The quantitative estimate of drug-likeness (QED) is 0.629. The van der Waals surface area contributed by atoms with Gasteiger partial charge in [-0.1, -0.05) is 0 Å². The van der Waals surface area contributed by atoms with Gasteiger partial charge in [0.25, 0.3) is 0 Å². The lowest BCUT2D eigenvalue weighted by atomic mass is 10.0. The maximum Gasteiger partial charge on any atom is 0.311 e. The van der Waals surface area contributed by atoms with Crippen LogP contribution in [0.15, 0.2) is 0 Å². The highest BCUT2D eigenvalue weighted by atomic mass is 19.1. The van der Waals surface area contributed by atoms with Crippen LogP contribution in [0.5, 0.6) is 0 Å². The Morgan fingerprint density at radius 3 is 2.92 bits per heavy atom. The van der Waals surface area contributed by atoms with Crippen LogP contribution >= 0.6 is 0 Å². The van der Waals surface area contributed by atoms with Crippen molar-refractivity contribution in [1.29, 1.82) is 0 Å². The summed E-state index contributed by atoms with van der Waals surface area (Å²) in [7, 11) is 0. The minimum absolute atomic E-state index is 0.326. The number of esters is 1. The zero-order valence-electron chi connectivity index (χ0n) is 7.96. The maximum absolute atomic E-state index is 13.1. The number of carbonyl (C=O) groups excluding carboxylic acids is 1. The number of rotatable bonds is 3. The van der Waals surface area contributed by atoms with Gasteiger partial charge >= 0.3 is 5.97 Å². The molecule has 0 amide bonds. The van der Waals surface area contributed by atoms with Crippen molar-refractivity contribution >= 4 is 5.97 Å². The van der Waals surface area contributed by atoms with Crippen molar-refractivity contribution in [1.82, 2.24) is 0 Å². The topological polar surface area (TPSA) is 35.5 Å². The zero-order valence-corrected chi connectivity index (χ0v) is 7.96. The molecule has 0 aromatic carbocycles. The Balaban J connectivity index is 2.45. The Labute approximate surface area is 77.2 Å². The summed E-state index contributed by atoms with van der Waals surface area (Å²) in [5, 5.41) is 0. The van der Waals surface area contributed by atoms with Gasteiger partial charge in [-0.05, 0) is 13.8 Å². The second-order valence-electron chi connectivity index (χ2n) is 3.18. The van der Waals surface area contributed by atoms with Gasteiger partial charge in [-0.2, -0.15) is 0 Å². The smallest absolute Gasteiger partial charge is 0.311 e. The Bertz CT molecular complexity index is 184.